The molecular formula is C12H18N4O. The Balaban J connectivity index is 1.95. The van der Waals surface area contributed by atoms with Gasteiger partial charge in [0.1, 0.15) is 5.82 Å². The lowest BCUT2D eigenvalue weighted by molar-refractivity contribution is 0.252. The van der Waals surface area contributed by atoms with Crippen molar-refractivity contribution in [1.82, 2.24) is 10.3 Å². The number of nitrogens with zero attached hydrogens (tertiary/aromatic N) is 2. The lowest BCUT2D eigenvalue weighted by Gasteiger charge is -2.16. The molecule has 0 aromatic carbocycles. The summed E-state index contributed by atoms with van der Waals surface area (Å²) in [5.41, 5.74) is 0.721. The second-order valence-electron chi connectivity index (χ2n) is 4.08. The summed E-state index contributed by atoms with van der Waals surface area (Å²) in [6, 6.07) is 3.64. The zero-order valence-electron chi connectivity index (χ0n) is 10.1. The van der Waals surface area contributed by atoms with Gasteiger partial charge >= 0.3 is 6.03 Å². The van der Waals surface area contributed by atoms with Crippen LogP contribution in [0.5, 0.6) is 0 Å². The van der Waals surface area contributed by atoms with Gasteiger partial charge in [0.05, 0.1) is 11.9 Å². The van der Waals surface area contributed by atoms with E-state index in [0.717, 1.165) is 24.6 Å². The highest BCUT2D eigenvalue weighted by molar-refractivity contribution is 5.89. The van der Waals surface area contributed by atoms with Crippen molar-refractivity contribution in [3.8, 4) is 0 Å². The van der Waals surface area contributed by atoms with Crippen molar-refractivity contribution >= 4 is 17.5 Å². The summed E-state index contributed by atoms with van der Waals surface area (Å²) in [5.74, 6) is 0.990. The first-order chi connectivity index (χ1) is 8.29. The fraction of sp³-hybridized carbons (Fsp3) is 0.500. The van der Waals surface area contributed by atoms with Gasteiger partial charge in [0, 0.05) is 19.6 Å². The minimum atomic E-state index is -0.191. The van der Waals surface area contributed by atoms with Crippen LogP contribution in [0.2, 0.25) is 0 Å². The van der Waals surface area contributed by atoms with Gasteiger partial charge in [0.2, 0.25) is 0 Å². The molecule has 0 spiro atoms. The minimum absolute atomic E-state index is 0.191. The Hall–Kier alpha value is -1.78. The Kier molecular flexibility index (Phi) is 3.80. The summed E-state index contributed by atoms with van der Waals surface area (Å²) >= 11 is 0. The highest BCUT2D eigenvalue weighted by atomic mass is 16.2. The zero-order valence-corrected chi connectivity index (χ0v) is 10.1. The summed E-state index contributed by atoms with van der Waals surface area (Å²) in [7, 11) is 0. The molecule has 92 valence electrons. The van der Waals surface area contributed by atoms with E-state index in [1.54, 1.807) is 6.20 Å². The van der Waals surface area contributed by atoms with Gasteiger partial charge in [-0.2, -0.15) is 0 Å². The van der Waals surface area contributed by atoms with Crippen LogP contribution >= 0.6 is 0 Å². The molecule has 5 nitrogen and oxygen atoms in total. The first-order valence-electron chi connectivity index (χ1n) is 6.05. The van der Waals surface area contributed by atoms with Crippen molar-refractivity contribution in [3.63, 3.8) is 0 Å². The van der Waals surface area contributed by atoms with Gasteiger partial charge in [0.15, 0.2) is 0 Å². The first-order valence-corrected chi connectivity index (χ1v) is 6.05. The number of anilines is 2. The Morgan fingerprint density at radius 1 is 1.41 bits per heavy atom. The van der Waals surface area contributed by atoms with E-state index in [9.17, 15) is 4.79 Å². The highest BCUT2D eigenvalue weighted by Crippen LogP contribution is 2.18. The molecule has 1 aliphatic rings. The fourth-order valence-corrected chi connectivity index (χ4v) is 1.93. The Morgan fingerprint density at radius 3 is 2.76 bits per heavy atom. The summed E-state index contributed by atoms with van der Waals surface area (Å²) < 4.78 is 0. The van der Waals surface area contributed by atoms with Gasteiger partial charge in [-0.15, -0.1) is 0 Å². The average molecular weight is 234 g/mol. The highest BCUT2D eigenvalue weighted by Gasteiger charge is 2.13. The van der Waals surface area contributed by atoms with Gasteiger partial charge in [-0.05, 0) is 31.9 Å². The summed E-state index contributed by atoms with van der Waals surface area (Å²) in [6.45, 7) is 4.66. The fourth-order valence-electron chi connectivity index (χ4n) is 1.93. The quantitative estimate of drug-likeness (QED) is 0.838. The third-order valence-corrected chi connectivity index (χ3v) is 2.77. The molecule has 1 fully saturated rings. The second-order valence-corrected chi connectivity index (χ2v) is 4.08. The van der Waals surface area contributed by atoms with Gasteiger partial charge in [0.25, 0.3) is 0 Å². The average Bonchev–Trinajstić information content (AvgIpc) is 2.84. The molecule has 17 heavy (non-hydrogen) atoms. The lowest BCUT2D eigenvalue weighted by atomic mass is 10.4. The summed E-state index contributed by atoms with van der Waals surface area (Å²) in [6.07, 6.45) is 4.17. The van der Waals surface area contributed by atoms with Crippen LogP contribution in [-0.2, 0) is 0 Å². The summed E-state index contributed by atoms with van der Waals surface area (Å²) in [5, 5.41) is 5.41. The molecule has 5 heteroatoms. The molecule has 0 unspecified atom stereocenters. The standard InChI is InChI=1S/C12H18N4O/c1-2-13-12(17)15-10-5-6-11(14-9-10)16-7-3-4-8-16/h5-6,9H,2-4,7-8H2,1H3,(H2,13,15,17). The number of amides is 2. The number of rotatable bonds is 3. The number of carbonyl (C=O) groups is 1. The van der Waals surface area contributed by atoms with E-state index in [-0.39, 0.29) is 6.03 Å². The molecule has 1 aliphatic heterocycles. The van der Waals surface area contributed by atoms with Gasteiger partial charge < -0.3 is 15.5 Å². The maximum Gasteiger partial charge on any atom is 0.319 e. The lowest BCUT2D eigenvalue weighted by Crippen LogP contribution is -2.28. The molecule has 0 aliphatic carbocycles. The van der Waals surface area contributed by atoms with Crippen molar-refractivity contribution in [1.29, 1.82) is 0 Å². The largest absolute Gasteiger partial charge is 0.357 e. The van der Waals surface area contributed by atoms with Crippen LogP contribution in [0.25, 0.3) is 0 Å². The monoisotopic (exact) mass is 234 g/mol. The van der Waals surface area contributed by atoms with Crippen molar-refractivity contribution in [2.75, 3.05) is 29.9 Å². The van der Waals surface area contributed by atoms with E-state index in [0.29, 0.717) is 6.54 Å². The van der Waals surface area contributed by atoms with Crippen LogP contribution in [0.1, 0.15) is 19.8 Å². The number of aromatic nitrogens is 1. The Labute approximate surface area is 101 Å². The van der Waals surface area contributed by atoms with E-state index in [1.807, 2.05) is 19.1 Å². The van der Waals surface area contributed by atoms with Gasteiger partial charge in [-0.1, -0.05) is 0 Å². The molecule has 1 aromatic heterocycles. The molecule has 2 N–H and O–H groups in total. The number of pyridine rings is 1. The molecule has 2 amide bonds. The molecule has 0 saturated carbocycles. The maximum absolute atomic E-state index is 11.3. The summed E-state index contributed by atoms with van der Waals surface area (Å²) in [4.78, 5) is 17.9. The molecule has 2 rings (SSSR count). The van der Waals surface area contributed by atoms with E-state index in [1.165, 1.54) is 12.8 Å². The predicted molar refractivity (Wildman–Crippen MR) is 68.4 cm³/mol. The number of nitrogens with one attached hydrogen (secondary N) is 2. The van der Waals surface area contributed by atoms with Gasteiger partial charge in [-0.25, -0.2) is 9.78 Å². The molecule has 1 saturated heterocycles. The second kappa shape index (κ2) is 5.52. The first kappa shape index (κ1) is 11.7. The van der Waals surface area contributed by atoms with Crippen molar-refractivity contribution in [2.24, 2.45) is 0 Å². The topological polar surface area (TPSA) is 57.3 Å². The van der Waals surface area contributed by atoms with Gasteiger partial charge in [-0.3, -0.25) is 0 Å². The van der Waals surface area contributed by atoms with Crippen molar-refractivity contribution < 1.29 is 4.79 Å². The number of urea groups is 1. The zero-order chi connectivity index (χ0) is 12.1. The van der Waals surface area contributed by atoms with Crippen LogP contribution in [0.15, 0.2) is 18.3 Å². The molecule has 0 radical (unpaired) electrons. The van der Waals surface area contributed by atoms with Crippen LogP contribution < -0.4 is 15.5 Å². The molecule has 0 bridgehead atoms. The molecular weight excluding hydrogens is 216 g/mol. The van der Waals surface area contributed by atoms with E-state index >= 15 is 0 Å². The third kappa shape index (κ3) is 3.09. The predicted octanol–water partition coefficient (Wildman–Crippen LogP) is 1.82. The molecule has 0 atom stereocenters. The maximum atomic E-state index is 11.3. The van der Waals surface area contributed by atoms with E-state index in [4.69, 9.17) is 0 Å². The third-order valence-electron chi connectivity index (χ3n) is 2.77. The Bertz CT molecular complexity index is 371. The van der Waals surface area contributed by atoms with Crippen molar-refractivity contribution in [3.05, 3.63) is 18.3 Å². The van der Waals surface area contributed by atoms with Crippen LogP contribution in [0, 0.1) is 0 Å². The number of carbonyl (C=O) groups excluding carboxylic acids is 1. The normalized spacial score (nSPS) is 14.8. The molecule has 1 aromatic rings. The minimum Gasteiger partial charge on any atom is -0.357 e. The number of hydrogen-bond acceptors (Lipinski definition) is 3. The van der Waals surface area contributed by atoms with E-state index < -0.39 is 0 Å². The van der Waals surface area contributed by atoms with E-state index in [2.05, 4.69) is 20.5 Å². The van der Waals surface area contributed by atoms with Crippen LogP contribution in [-0.4, -0.2) is 30.6 Å². The van der Waals surface area contributed by atoms with Crippen LogP contribution in [0.3, 0.4) is 0 Å². The van der Waals surface area contributed by atoms with Crippen molar-refractivity contribution in [2.45, 2.75) is 19.8 Å². The Morgan fingerprint density at radius 2 is 2.18 bits per heavy atom. The van der Waals surface area contributed by atoms with Crippen LogP contribution in [0.4, 0.5) is 16.3 Å². The molecule has 2 heterocycles. The smallest absolute Gasteiger partial charge is 0.319 e. The SMILES string of the molecule is CCNC(=O)Nc1ccc(N2CCCC2)nc1. The number of hydrogen-bond donors (Lipinski definition) is 2.